The number of aliphatic hydroxyl groups is 3. The van der Waals surface area contributed by atoms with Gasteiger partial charge in [0, 0.05) is 35.7 Å². The number of carbonyl (C=O) groups is 3. The predicted octanol–water partition coefficient (Wildman–Crippen LogP) is 2.23. The molecule has 0 aromatic heterocycles. The molecule has 0 bridgehead atoms. The number of nitrogens with one attached hydrogen (secondary N) is 1. The molecule has 6 rings (SSSR count). The Bertz CT molecular complexity index is 1610. The largest absolute Gasteiger partial charge is 0.507 e. The molecule has 1 amide bonds. The average Bonchev–Trinajstić information content (AvgIpc) is 3.02. The number of phenolic OH excluding ortho intramolecular Hbond substituents is 1. The number of fused-ring (bicyclic) bond motifs is 3. The first kappa shape index (κ1) is 32.2. The predicted molar refractivity (Wildman–Crippen MR) is 170 cm³/mol. The Balaban J connectivity index is 1.44. The van der Waals surface area contributed by atoms with Gasteiger partial charge in [-0.3, -0.25) is 14.4 Å². The van der Waals surface area contributed by atoms with Gasteiger partial charge in [0.1, 0.15) is 23.2 Å². The number of phenols is 1. The van der Waals surface area contributed by atoms with E-state index in [1.54, 1.807) is 32.2 Å². The van der Waals surface area contributed by atoms with Gasteiger partial charge >= 0.3 is 0 Å². The van der Waals surface area contributed by atoms with Crippen LogP contribution in [0.1, 0.15) is 55.2 Å². The van der Waals surface area contributed by atoms with Crippen LogP contribution in [0.3, 0.4) is 0 Å². The number of carbonyl (C=O) groups excluding carboxylic acids is 3. The van der Waals surface area contributed by atoms with Crippen LogP contribution in [0.2, 0.25) is 0 Å². The number of primary amides is 1. The zero-order valence-corrected chi connectivity index (χ0v) is 26.5. The molecule has 0 radical (unpaired) electrons. The highest BCUT2D eigenvalue weighted by molar-refractivity contribution is 6.25. The summed E-state index contributed by atoms with van der Waals surface area (Å²) in [5.41, 5.74) is 5.76. The molecule has 2 unspecified atom stereocenters. The third-order valence-electron chi connectivity index (χ3n) is 10.7. The van der Waals surface area contributed by atoms with E-state index in [1.165, 1.54) is 25.3 Å². The summed E-state index contributed by atoms with van der Waals surface area (Å²) in [5.74, 6) is -7.08. The second-order valence-corrected chi connectivity index (χ2v) is 13.5. The first-order valence-electron chi connectivity index (χ1n) is 16.0. The minimum absolute atomic E-state index is 0.0471. The molecular weight excluding hydrogens is 590 g/mol. The van der Waals surface area contributed by atoms with Crippen LogP contribution < -0.4 is 15.8 Å². The molecule has 4 aliphatic carbocycles. The first-order chi connectivity index (χ1) is 21.9. The van der Waals surface area contributed by atoms with Gasteiger partial charge in [-0.2, -0.15) is 0 Å². The lowest BCUT2D eigenvalue weighted by atomic mass is 9.54. The highest BCUT2D eigenvalue weighted by atomic mass is 16.5. The third-order valence-corrected chi connectivity index (χ3v) is 10.7. The highest BCUT2D eigenvalue weighted by Gasteiger charge is 2.67. The van der Waals surface area contributed by atoms with Crippen molar-refractivity contribution in [2.45, 2.75) is 75.3 Å². The third kappa shape index (κ3) is 5.00. The fraction of sp³-hybridized carbons (Fsp3) is 0.514. The van der Waals surface area contributed by atoms with Gasteiger partial charge in [0.05, 0.1) is 18.8 Å². The Morgan fingerprint density at radius 1 is 1.09 bits per heavy atom. The molecule has 2 aromatic rings. The lowest BCUT2D eigenvalue weighted by Gasteiger charge is -2.53. The van der Waals surface area contributed by atoms with Crippen LogP contribution in [0.5, 0.6) is 11.5 Å². The molecule has 246 valence electrons. The van der Waals surface area contributed by atoms with Crippen LogP contribution in [-0.2, 0) is 27.3 Å². The quantitative estimate of drug-likeness (QED) is 0.247. The minimum Gasteiger partial charge on any atom is -0.507 e. The number of methoxy groups -OCH3 is 1. The Hall–Kier alpha value is -3.77. The summed E-state index contributed by atoms with van der Waals surface area (Å²) in [6, 6.07) is 8.65. The molecule has 0 aliphatic heterocycles. The molecule has 0 heterocycles. The van der Waals surface area contributed by atoms with Crippen LogP contribution in [0.4, 0.5) is 0 Å². The van der Waals surface area contributed by atoms with Gasteiger partial charge in [-0.25, -0.2) is 0 Å². The Morgan fingerprint density at radius 3 is 2.46 bits per heavy atom. The molecule has 3 fully saturated rings. The molecule has 2 aromatic carbocycles. The number of aliphatic hydroxyl groups excluding tert-OH is 2. The summed E-state index contributed by atoms with van der Waals surface area (Å²) in [4.78, 5) is 41.6. The number of aromatic hydroxyl groups is 1. The van der Waals surface area contributed by atoms with E-state index >= 15 is 0 Å². The number of hydrogen-bond acceptors (Lipinski definition) is 10. The maximum absolute atomic E-state index is 14.2. The normalized spacial score (nSPS) is 29.7. The Kier molecular flexibility index (Phi) is 8.47. The van der Waals surface area contributed by atoms with Crippen LogP contribution >= 0.6 is 0 Å². The summed E-state index contributed by atoms with van der Waals surface area (Å²) in [6.07, 6.45) is 4.73. The number of amides is 1. The van der Waals surface area contributed by atoms with Crippen LogP contribution in [0, 0.1) is 17.8 Å². The molecule has 0 saturated heterocycles. The first-order valence-corrected chi connectivity index (χ1v) is 16.0. The van der Waals surface area contributed by atoms with Gasteiger partial charge in [0.25, 0.3) is 0 Å². The summed E-state index contributed by atoms with van der Waals surface area (Å²) >= 11 is 0. The van der Waals surface area contributed by atoms with E-state index in [2.05, 4.69) is 5.32 Å². The van der Waals surface area contributed by atoms with Gasteiger partial charge < -0.3 is 41.1 Å². The number of ketones is 2. The Morgan fingerprint density at radius 2 is 1.80 bits per heavy atom. The second kappa shape index (κ2) is 12.1. The van der Waals surface area contributed by atoms with Crippen molar-refractivity contribution in [3.05, 3.63) is 52.6 Å². The fourth-order valence-electron chi connectivity index (χ4n) is 8.50. The van der Waals surface area contributed by atoms with Gasteiger partial charge in [0.2, 0.25) is 11.7 Å². The molecule has 0 spiro atoms. The molecule has 6 atom stereocenters. The molecule has 4 aliphatic rings. The minimum atomic E-state index is -2.69. The number of nitrogens with two attached hydrogens (primary N) is 1. The van der Waals surface area contributed by atoms with Crippen molar-refractivity contribution in [1.82, 2.24) is 10.2 Å². The van der Waals surface area contributed by atoms with E-state index in [0.29, 0.717) is 29.5 Å². The standard InChI is InChI=1S/C35H43N3O8/c1-38(2)29-23-15-18-14-22-20(21-13-17(9-12-25(21)46-3)16-37-19-7-5-4-6-8-19)10-11-24(39)27(22)30(40)26(18)32(42)35(23,45)33(43)28(31(29)41)34(36)44/h9-13,18-19,23,28-29,31,37,39-41,45H,4-8,14-16H2,1-3H3,(H2,36,44)/t18-,23-,28?,29-,31?,35-/m1/s1. The second-order valence-electron chi connectivity index (χ2n) is 13.5. The number of Topliss-reactive ketones (excluding diaryl/α,β-unsaturated/α-hetero) is 2. The number of rotatable bonds is 7. The topological polar surface area (TPSA) is 183 Å². The van der Waals surface area contributed by atoms with Crippen molar-refractivity contribution >= 4 is 23.2 Å². The number of benzene rings is 2. The maximum Gasteiger partial charge on any atom is 0.230 e. The lowest BCUT2D eigenvalue weighted by molar-refractivity contribution is -0.184. The summed E-state index contributed by atoms with van der Waals surface area (Å²) in [7, 11) is 4.84. The summed E-state index contributed by atoms with van der Waals surface area (Å²) in [5, 5.41) is 49.3. The average molecular weight is 634 g/mol. The number of nitrogens with zero attached hydrogens (tertiary/aromatic N) is 1. The van der Waals surface area contributed by atoms with E-state index in [9.17, 15) is 34.8 Å². The summed E-state index contributed by atoms with van der Waals surface area (Å²) < 4.78 is 5.75. The number of likely N-dealkylation sites (N-methyl/N-ethyl adjacent to an activating group) is 1. The van der Waals surface area contributed by atoms with Gasteiger partial charge in [0.15, 0.2) is 11.4 Å². The smallest absolute Gasteiger partial charge is 0.230 e. The highest BCUT2D eigenvalue weighted by Crippen LogP contribution is 2.53. The van der Waals surface area contributed by atoms with Crippen molar-refractivity contribution in [3.8, 4) is 22.6 Å². The molecule has 11 nitrogen and oxygen atoms in total. The van der Waals surface area contributed by atoms with Gasteiger partial charge in [-0.1, -0.05) is 31.4 Å². The van der Waals surface area contributed by atoms with Crippen molar-refractivity contribution in [2.24, 2.45) is 23.5 Å². The van der Waals surface area contributed by atoms with E-state index in [0.717, 1.165) is 24.0 Å². The maximum atomic E-state index is 14.2. The van der Waals surface area contributed by atoms with Crippen molar-refractivity contribution < 1.29 is 39.5 Å². The molecule has 3 saturated carbocycles. The van der Waals surface area contributed by atoms with Crippen molar-refractivity contribution in [2.75, 3.05) is 21.2 Å². The molecule has 46 heavy (non-hydrogen) atoms. The summed E-state index contributed by atoms with van der Waals surface area (Å²) in [6.45, 7) is 0.670. The molecule has 7 N–H and O–H groups in total. The van der Waals surface area contributed by atoms with Gasteiger partial charge in [-0.05, 0) is 80.6 Å². The van der Waals surface area contributed by atoms with E-state index in [1.807, 2.05) is 18.2 Å². The number of ether oxygens (including phenoxy) is 1. The SMILES string of the molecule is COc1ccc(CNC2CCCCC2)cc1-c1ccc(O)c2c1C[C@@H]1C[C@@H]3[C@@H](N(C)C)C(O)C(C(N)=O)C(=O)[C@]3(O)C(=O)C1=C2O. The monoisotopic (exact) mass is 633 g/mol. The zero-order valence-electron chi connectivity index (χ0n) is 26.5. The molecule has 11 heteroatoms. The van der Waals surface area contributed by atoms with Crippen LogP contribution in [0.15, 0.2) is 35.9 Å². The van der Waals surface area contributed by atoms with E-state index in [4.69, 9.17) is 10.5 Å². The van der Waals surface area contributed by atoms with Crippen molar-refractivity contribution in [3.63, 3.8) is 0 Å². The van der Waals surface area contributed by atoms with E-state index in [-0.39, 0.29) is 29.7 Å². The number of hydrogen-bond donors (Lipinski definition) is 6. The van der Waals surface area contributed by atoms with Crippen LogP contribution in [-0.4, -0.2) is 87.8 Å². The molecular formula is C35H43N3O8. The van der Waals surface area contributed by atoms with Crippen LogP contribution in [0.25, 0.3) is 16.9 Å². The fourth-order valence-corrected chi connectivity index (χ4v) is 8.50. The van der Waals surface area contributed by atoms with Gasteiger partial charge in [-0.15, -0.1) is 0 Å². The Labute approximate surface area is 268 Å². The lowest BCUT2D eigenvalue weighted by Crippen LogP contribution is -2.73. The van der Waals surface area contributed by atoms with E-state index < -0.39 is 58.7 Å². The van der Waals surface area contributed by atoms with Crippen molar-refractivity contribution in [1.29, 1.82) is 0 Å². The zero-order chi connectivity index (χ0) is 33.1.